The Labute approximate surface area is 176 Å². The third-order valence-electron chi connectivity index (χ3n) is 5.53. The van der Waals surface area contributed by atoms with Crippen LogP contribution in [0.4, 0.5) is 0 Å². The first-order chi connectivity index (χ1) is 14.8. The van der Waals surface area contributed by atoms with E-state index in [-0.39, 0.29) is 5.56 Å². The molecule has 0 amide bonds. The highest BCUT2D eigenvalue weighted by molar-refractivity contribution is 5.62. The van der Waals surface area contributed by atoms with Gasteiger partial charge in [0.2, 0.25) is 0 Å². The normalized spacial score (nSPS) is 16.7. The molecule has 0 bridgehead atoms. The van der Waals surface area contributed by atoms with E-state index in [4.69, 9.17) is 4.74 Å². The van der Waals surface area contributed by atoms with Crippen molar-refractivity contribution < 1.29 is 4.74 Å². The minimum Gasteiger partial charge on any atom is -0.494 e. The SMILES string of the molecule is O=c1cc(-c2ccc(OCCCC3CCCCNC3)cc2)cnn1-c1ccccn1. The fraction of sp³-hybridized carbons (Fsp3) is 0.375. The van der Waals surface area contributed by atoms with Crippen molar-refractivity contribution in [1.82, 2.24) is 20.1 Å². The van der Waals surface area contributed by atoms with E-state index < -0.39 is 0 Å². The average Bonchev–Trinajstić information content (AvgIpc) is 3.07. The summed E-state index contributed by atoms with van der Waals surface area (Å²) >= 11 is 0. The predicted octanol–water partition coefficient (Wildman–Crippen LogP) is 3.84. The summed E-state index contributed by atoms with van der Waals surface area (Å²) in [5, 5.41) is 7.79. The zero-order valence-corrected chi connectivity index (χ0v) is 17.2. The molecule has 1 aliphatic rings. The Bertz CT molecular complexity index is 978. The second-order valence-electron chi connectivity index (χ2n) is 7.76. The minimum atomic E-state index is -0.209. The Kier molecular flexibility index (Phi) is 6.87. The van der Waals surface area contributed by atoms with Gasteiger partial charge >= 0.3 is 0 Å². The molecule has 1 atom stereocenters. The molecule has 0 aliphatic carbocycles. The fourth-order valence-electron chi connectivity index (χ4n) is 3.86. The molecule has 3 heterocycles. The molecule has 1 fully saturated rings. The van der Waals surface area contributed by atoms with Gasteiger partial charge in [-0.1, -0.05) is 24.6 Å². The highest BCUT2D eigenvalue weighted by Crippen LogP contribution is 2.22. The van der Waals surface area contributed by atoms with Crippen LogP contribution in [0.3, 0.4) is 0 Å². The van der Waals surface area contributed by atoms with Crippen molar-refractivity contribution in [3.05, 3.63) is 71.3 Å². The van der Waals surface area contributed by atoms with Gasteiger partial charge in [0.1, 0.15) is 5.75 Å². The molecule has 1 aromatic carbocycles. The van der Waals surface area contributed by atoms with Crippen LogP contribution in [0.2, 0.25) is 0 Å². The van der Waals surface area contributed by atoms with E-state index in [9.17, 15) is 4.79 Å². The van der Waals surface area contributed by atoms with Gasteiger partial charge in [-0.15, -0.1) is 0 Å². The lowest BCUT2D eigenvalue weighted by Gasteiger charge is -2.14. The number of benzene rings is 1. The zero-order chi connectivity index (χ0) is 20.6. The average molecular weight is 405 g/mol. The van der Waals surface area contributed by atoms with Gasteiger partial charge < -0.3 is 10.1 Å². The van der Waals surface area contributed by atoms with Crippen molar-refractivity contribution in [1.29, 1.82) is 0 Å². The number of rotatable bonds is 7. The molecular formula is C24H28N4O2. The van der Waals surface area contributed by atoms with Crippen molar-refractivity contribution >= 4 is 0 Å². The van der Waals surface area contributed by atoms with Crippen LogP contribution in [0.15, 0.2) is 65.7 Å². The lowest BCUT2D eigenvalue weighted by Crippen LogP contribution is -2.21. The highest BCUT2D eigenvalue weighted by atomic mass is 16.5. The molecule has 1 N–H and O–H groups in total. The molecule has 0 spiro atoms. The summed E-state index contributed by atoms with van der Waals surface area (Å²) in [5.41, 5.74) is 1.50. The van der Waals surface area contributed by atoms with Gasteiger partial charge in [0.15, 0.2) is 5.82 Å². The van der Waals surface area contributed by atoms with Crippen LogP contribution in [0.5, 0.6) is 5.75 Å². The van der Waals surface area contributed by atoms with Crippen LogP contribution in [-0.2, 0) is 0 Å². The van der Waals surface area contributed by atoms with Crippen molar-refractivity contribution in [2.24, 2.45) is 5.92 Å². The molecule has 156 valence electrons. The van der Waals surface area contributed by atoms with Crippen molar-refractivity contribution in [2.45, 2.75) is 32.1 Å². The number of hydrogen-bond acceptors (Lipinski definition) is 5. The third-order valence-corrected chi connectivity index (χ3v) is 5.53. The summed E-state index contributed by atoms with van der Waals surface area (Å²) in [6.45, 7) is 3.03. The van der Waals surface area contributed by atoms with Gasteiger partial charge in [-0.05, 0) is 74.5 Å². The van der Waals surface area contributed by atoms with Crippen LogP contribution in [0, 0.1) is 5.92 Å². The number of nitrogens with one attached hydrogen (secondary N) is 1. The smallest absolute Gasteiger partial charge is 0.273 e. The molecule has 1 saturated heterocycles. The second-order valence-corrected chi connectivity index (χ2v) is 7.76. The largest absolute Gasteiger partial charge is 0.494 e. The summed E-state index contributed by atoms with van der Waals surface area (Å²) < 4.78 is 7.21. The van der Waals surface area contributed by atoms with Crippen LogP contribution in [0.1, 0.15) is 32.1 Å². The monoisotopic (exact) mass is 404 g/mol. The maximum absolute atomic E-state index is 12.4. The standard InChI is InChI=1S/C24H28N4O2/c29-24-16-21(18-27-28(24)23-8-2-4-14-26-23)20-9-11-22(12-10-20)30-15-5-7-19-6-1-3-13-25-17-19/h2,4,8-12,14,16,18-19,25H,1,3,5-7,13,15,17H2. The maximum Gasteiger partial charge on any atom is 0.273 e. The van der Waals surface area contributed by atoms with E-state index in [0.29, 0.717) is 5.82 Å². The number of pyridine rings is 1. The first-order valence-corrected chi connectivity index (χ1v) is 10.7. The van der Waals surface area contributed by atoms with Gasteiger partial charge in [0.05, 0.1) is 12.8 Å². The lowest BCUT2D eigenvalue weighted by atomic mass is 9.98. The Balaban J connectivity index is 1.32. The first kappa shape index (κ1) is 20.3. The Morgan fingerprint density at radius 3 is 2.80 bits per heavy atom. The van der Waals surface area contributed by atoms with Crippen molar-refractivity contribution in [3.8, 4) is 22.7 Å². The van der Waals surface area contributed by atoms with E-state index >= 15 is 0 Å². The Morgan fingerprint density at radius 2 is 2.00 bits per heavy atom. The van der Waals surface area contributed by atoms with Crippen LogP contribution in [-0.4, -0.2) is 34.5 Å². The van der Waals surface area contributed by atoms with Crippen LogP contribution in [0.25, 0.3) is 16.9 Å². The molecule has 1 unspecified atom stereocenters. The topological polar surface area (TPSA) is 69.0 Å². The van der Waals surface area contributed by atoms with Gasteiger partial charge in [0, 0.05) is 17.8 Å². The van der Waals surface area contributed by atoms with Gasteiger partial charge in [-0.3, -0.25) is 4.79 Å². The van der Waals surface area contributed by atoms with E-state index in [1.807, 2.05) is 30.3 Å². The first-order valence-electron chi connectivity index (χ1n) is 10.7. The molecule has 6 nitrogen and oxygen atoms in total. The summed E-state index contributed by atoms with van der Waals surface area (Å²) in [7, 11) is 0. The molecule has 4 rings (SSSR count). The molecule has 3 aromatic rings. The lowest BCUT2D eigenvalue weighted by molar-refractivity contribution is 0.288. The second kappa shape index (κ2) is 10.2. The molecule has 30 heavy (non-hydrogen) atoms. The fourth-order valence-corrected chi connectivity index (χ4v) is 3.86. The van der Waals surface area contributed by atoms with Crippen molar-refractivity contribution in [2.75, 3.05) is 19.7 Å². The molecule has 0 saturated carbocycles. The van der Waals surface area contributed by atoms with Gasteiger partial charge in [-0.25, -0.2) is 4.98 Å². The zero-order valence-electron chi connectivity index (χ0n) is 17.2. The quantitative estimate of drug-likeness (QED) is 0.606. The van der Waals surface area contributed by atoms with Gasteiger partial charge in [-0.2, -0.15) is 9.78 Å². The molecule has 0 radical (unpaired) electrons. The molecule has 2 aromatic heterocycles. The number of nitrogens with zero attached hydrogens (tertiary/aromatic N) is 3. The predicted molar refractivity (Wildman–Crippen MR) is 118 cm³/mol. The number of hydrogen-bond donors (Lipinski definition) is 1. The van der Waals surface area contributed by atoms with E-state index in [1.165, 1.54) is 30.4 Å². The number of ether oxygens (including phenoxy) is 1. The summed E-state index contributed by atoms with van der Waals surface area (Å²) in [5.74, 6) is 2.14. The summed E-state index contributed by atoms with van der Waals surface area (Å²) in [6.07, 6.45) is 9.58. The Hall–Kier alpha value is -2.99. The summed E-state index contributed by atoms with van der Waals surface area (Å²) in [6, 6.07) is 14.8. The Morgan fingerprint density at radius 1 is 1.10 bits per heavy atom. The van der Waals surface area contributed by atoms with Crippen LogP contribution >= 0.6 is 0 Å². The van der Waals surface area contributed by atoms with E-state index in [1.54, 1.807) is 30.6 Å². The van der Waals surface area contributed by atoms with E-state index in [2.05, 4.69) is 15.4 Å². The maximum atomic E-state index is 12.4. The van der Waals surface area contributed by atoms with E-state index in [0.717, 1.165) is 48.9 Å². The van der Waals surface area contributed by atoms with Crippen molar-refractivity contribution in [3.63, 3.8) is 0 Å². The summed E-state index contributed by atoms with van der Waals surface area (Å²) in [4.78, 5) is 16.6. The molecule has 1 aliphatic heterocycles. The van der Waals surface area contributed by atoms with Crippen LogP contribution < -0.4 is 15.6 Å². The van der Waals surface area contributed by atoms with Gasteiger partial charge in [0.25, 0.3) is 5.56 Å². The third kappa shape index (κ3) is 5.33. The minimum absolute atomic E-state index is 0.209. The number of aromatic nitrogens is 3. The molecular weight excluding hydrogens is 376 g/mol. The highest BCUT2D eigenvalue weighted by Gasteiger charge is 2.11. The molecule has 6 heteroatoms.